The van der Waals surface area contributed by atoms with E-state index in [9.17, 15) is 0 Å². The molecule has 3 nitrogen and oxygen atoms in total. The van der Waals surface area contributed by atoms with E-state index in [0.29, 0.717) is 18.0 Å². The predicted molar refractivity (Wildman–Crippen MR) is 79.8 cm³/mol. The molecule has 0 radical (unpaired) electrons. The Bertz CT molecular complexity index is 599. The number of ether oxygens (including phenoxy) is 1. The molecular weight excluding hydrogens is 248 g/mol. The summed E-state index contributed by atoms with van der Waals surface area (Å²) in [4.78, 5) is 0. The summed E-state index contributed by atoms with van der Waals surface area (Å²) >= 11 is 0. The number of benzene rings is 2. The Morgan fingerprint density at radius 3 is 2.55 bits per heavy atom. The third-order valence-corrected chi connectivity index (χ3v) is 3.25. The van der Waals surface area contributed by atoms with Gasteiger partial charge in [-0.2, -0.15) is 5.26 Å². The highest BCUT2D eigenvalue weighted by molar-refractivity contribution is 5.38. The molecule has 2 aromatic rings. The van der Waals surface area contributed by atoms with Gasteiger partial charge in [-0.1, -0.05) is 19.1 Å². The number of nitrogens with zero attached hydrogens (tertiary/aromatic N) is 1. The smallest absolute Gasteiger partial charge is 0.127 e. The lowest BCUT2D eigenvalue weighted by molar-refractivity contribution is 0.481. The van der Waals surface area contributed by atoms with E-state index in [4.69, 9.17) is 15.7 Å². The quantitative estimate of drug-likeness (QED) is 0.895. The van der Waals surface area contributed by atoms with E-state index in [1.54, 1.807) is 24.3 Å². The molecule has 1 unspecified atom stereocenters. The van der Waals surface area contributed by atoms with Crippen LogP contribution in [0.4, 0.5) is 0 Å². The Hall–Kier alpha value is -2.31. The topological polar surface area (TPSA) is 59.0 Å². The summed E-state index contributed by atoms with van der Waals surface area (Å²) in [5, 5.41) is 8.77. The maximum atomic E-state index is 8.77. The van der Waals surface area contributed by atoms with Gasteiger partial charge in [0, 0.05) is 0 Å². The first-order valence-electron chi connectivity index (χ1n) is 6.71. The van der Waals surface area contributed by atoms with Crippen molar-refractivity contribution in [1.29, 1.82) is 5.26 Å². The molecule has 3 heteroatoms. The van der Waals surface area contributed by atoms with E-state index in [-0.39, 0.29) is 0 Å². The van der Waals surface area contributed by atoms with E-state index < -0.39 is 0 Å². The maximum absolute atomic E-state index is 8.77. The van der Waals surface area contributed by atoms with Crippen LogP contribution < -0.4 is 10.5 Å². The second kappa shape index (κ2) is 6.74. The van der Waals surface area contributed by atoms with Gasteiger partial charge >= 0.3 is 0 Å². The van der Waals surface area contributed by atoms with Gasteiger partial charge in [-0.25, -0.2) is 0 Å². The highest BCUT2D eigenvalue weighted by Crippen LogP contribution is 2.26. The van der Waals surface area contributed by atoms with E-state index in [1.165, 1.54) is 5.56 Å². The summed E-state index contributed by atoms with van der Waals surface area (Å²) in [5.74, 6) is 1.95. The molecule has 0 aliphatic rings. The highest BCUT2D eigenvalue weighted by Gasteiger charge is 2.06. The Morgan fingerprint density at radius 1 is 1.15 bits per heavy atom. The molecule has 0 aliphatic heterocycles. The second-order valence-corrected chi connectivity index (χ2v) is 4.79. The van der Waals surface area contributed by atoms with Crippen molar-refractivity contribution in [2.75, 3.05) is 6.54 Å². The number of hydrogen-bond acceptors (Lipinski definition) is 3. The van der Waals surface area contributed by atoms with Crippen molar-refractivity contribution < 1.29 is 4.74 Å². The van der Waals surface area contributed by atoms with Crippen molar-refractivity contribution in [2.24, 2.45) is 5.73 Å². The van der Waals surface area contributed by atoms with Crippen LogP contribution in [0.2, 0.25) is 0 Å². The van der Waals surface area contributed by atoms with Gasteiger partial charge in [0.2, 0.25) is 0 Å². The minimum absolute atomic E-state index is 0.421. The molecule has 0 spiro atoms. The highest BCUT2D eigenvalue weighted by atomic mass is 16.5. The first-order valence-corrected chi connectivity index (χ1v) is 6.71. The van der Waals surface area contributed by atoms with Crippen LogP contribution in [-0.4, -0.2) is 6.54 Å². The molecule has 2 N–H and O–H groups in total. The van der Waals surface area contributed by atoms with Crippen molar-refractivity contribution in [3.63, 3.8) is 0 Å². The molecule has 0 saturated carbocycles. The Kier molecular flexibility index (Phi) is 4.75. The number of hydrogen-bond donors (Lipinski definition) is 1. The number of nitriles is 1. The largest absolute Gasteiger partial charge is 0.457 e. The lowest BCUT2D eigenvalue weighted by Gasteiger charge is -2.12. The molecule has 2 rings (SSSR count). The van der Waals surface area contributed by atoms with Crippen molar-refractivity contribution in [3.05, 3.63) is 59.7 Å². The van der Waals surface area contributed by atoms with Gasteiger partial charge in [-0.15, -0.1) is 0 Å². The van der Waals surface area contributed by atoms with Crippen molar-refractivity contribution >= 4 is 0 Å². The van der Waals surface area contributed by atoms with Crippen LogP contribution in [0.1, 0.15) is 30.4 Å². The molecule has 0 amide bonds. The molecule has 102 valence electrons. The minimum Gasteiger partial charge on any atom is -0.457 e. The molecule has 0 bridgehead atoms. The zero-order valence-electron chi connectivity index (χ0n) is 11.5. The number of nitrogens with two attached hydrogens (primary N) is 1. The van der Waals surface area contributed by atoms with Crippen molar-refractivity contribution in [1.82, 2.24) is 0 Å². The molecule has 0 aliphatic carbocycles. The van der Waals surface area contributed by atoms with Gasteiger partial charge in [0.15, 0.2) is 0 Å². The number of rotatable bonds is 5. The average Bonchev–Trinajstić information content (AvgIpc) is 2.48. The van der Waals surface area contributed by atoms with Gasteiger partial charge in [0.1, 0.15) is 11.5 Å². The Morgan fingerprint density at radius 2 is 1.90 bits per heavy atom. The van der Waals surface area contributed by atoms with Gasteiger partial charge in [0.05, 0.1) is 11.6 Å². The zero-order chi connectivity index (χ0) is 14.4. The van der Waals surface area contributed by atoms with Crippen LogP contribution >= 0.6 is 0 Å². The van der Waals surface area contributed by atoms with Crippen molar-refractivity contribution in [2.45, 2.75) is 19.3 Å². The molecule has 0 fully saturated rings. The fourth-order valence-corrected chi connectivity index (χ4v) is 2.03. The summed E-state index contributed by atoms with van der Waals surface area (Å²) in [5.41, 5.74) is 7.45. The van der Waals surface area contributed by atoms with E-state index in [1.807, 2.05) is 18.2 Å². The van der Waals surface area contributed by atoms with Crippen LogP contribution in [0.25, 0.3) is 0 Å². The fraction of sp³-hybridized carbons (Fsp3) is 0.235. The SMILES string of the molecule is CC(CCN)c1cccc(Oc2ccc(C#N)cc2)c1. The zero-order valence-corrected chi connectivity index (χ0v) is 11.5. The minimum atomic E-state index is 0.421. The summed E-state index contributed by atoms with van der Waals surface area (Å²) < 4.78 is 5.81. The van der Waals surface area contributed by atoms with E-state index in [0.717, 1.165) is 17.9 Å². The van der Waals surface area contributed by atoms with Gasteiger partial charge in [0.25, 0.3) is 0 Å². The third kappa shape index (κ3) is 3.59. The van der Waals surface area contributed by atoms with E-state index >= 15 is 0 Å². The predicted octanol–water partition coefficient (Wildman–Crippen LogP) is 3.80. The van der Waals surface area contributed by atoms with Crippen LogP contribution in [-0.2, 0) is 0 Å². The van der Waals surface area contributed by atoms with Crippen LogP contribution in [0.15, 0.2) is 48.5 Å². The Labute approximate surface area is 119 Å². The van der Waals surface area contributed by atoms with Crippen LogP contribution in [0.3, 0.4) is 0 Å². The monoisotopic (exact) mass is 266 g/mol. The van der Waals surface area contributed by atoms with Crippen LogP contribution in [0.5, 0.6) is 11.5 Å². The first kappa shape index (κ1) is 14.1. The maximum Gasteiger partial charge on any atom is 0.127 e. The van der Waals surface area contributed by atoms with Crippen LogP contribution in [0, 0.1) is 11.3 Å². The molecule has 20 heavy (non-hydrogen) atoms. The van der Waals surface area contributed by atoms with Gasteiger partial charge in [-0.3, -0.25) is 0 Å². The first-order chi connectivity index (χ1) is 9.72. The summed E-state index contributed by atoms with van der Waals surface area (Å²) in [7, 11) is 0. The molecule has 0 saturated heterocycles. The molecule has 0 aromatic heterocycles. The standard InChI is InChI=1S/C17H18N2O/c1-13(9-10-18)15-3-2-4-17(11-15)20-16-7-5-14(12-19)6-8-16/h2-8,11,13H,9-10,18H2,1H3. The lowest BCUT2D eigenvalue weighted by Crippen LogP contribution is -2.04. The Balaban J connectivity index is 2.12. The fourth-order valence-electron chi connectivity index (χ4n) is 2.03. The molecular formula is C17H18N2O. The third-order valence-electron chi connectivity index (χ3n) is 3.25. The lowest BCUT2D eigenvalue weighted by atomic mass is 9.98. The van der Waals surface area contributed by atoms with Gasteiger partial charge < -0.3 is 10.5 Å². The van der Waals surface area contributed by atoms with Crippen molar-refractivity contribution in [3.8, 4) is 17.6 Å². The second-order valence-electron chi connectivity index (χ2n) is 4.79. The summed E-state index contributed by atoms with van der Waals surface area (Å²) in [6.07, 6.45) is 0.959. The molecule has 2 aromatic carbocycles. The van der Waals surface area contributed by atoms with Gasteiger partial charge in [-0.05, 0) is 60.8 Å². The normalized spacial score (nSPS) is 11.7. The molecule has 0 heterocycles. The molecule has 1 atom stereocenters. The summed E-state index contributed by atoms with van der Waals surface area (Å²) in [6.45, 7) is 2.84. The average molecular weight is 266 g/mol. The van der Waals surface area contributed by atoms with E-state index in [2.05, 4.69) is 19.1 Å². The summed E-state index contributed by atoms with van der Waals surface area (Å²) in [6, 6.07) is 17.2.